The summed E-state index contributed by atoms with van der Waals surface area (Å²) in [6.07, 6.45) is 4.67. The average molecular weight is 418 g/mol. The Morgan fingerprint density at radius 2 is 1.83 bits per heavy atom. The summed E-state index contributed by atoms with van der Waals surface area (Å²) in [6, 6.07) is 6.97. The van der Waals surface area contributed by atoms with Crippen molar-refractivity contribution in [2.75, 3.05) is 13.6 Å². The van der Waals surface area contributed by atoms with Crippen molar-refractivity contribution in [3.63, 3.8) is 0 Å². The van der Waals surface area contributed by atoms with Crippen LogP contribution < -0.4 is 10.6 Å². The molecule has 166 valence electrons. The lowest BCUT2D eigenvalue weighted by Gasteiger charge is -2.31. The van der Waals surface area contributed by atoms with Gasteiger partial charge in [-0.2, -0.15) is 0 Å². The van der Waals surface area contributed by atoms with E-state index < -0.39 is 17.7 Å². The Hall–Kier alpha value is -2.57. The zero-order valence-electron chi connectivity index (χ0n) is 18.8. The maximum atomic E-state index is 13.2. The zero-order chi connectivity index (χ0) is 22.3. The summed E-state index contributed by atoms with van der Waals surface area (Å²) in [5, 5.41) is 5.60. The van der Waals surface area contributed by atoms with Gasteiger partial charge in [0, 0.05) is 13.1 Å². The number of hydrogen-bond donors (Lipinski definition) is 2. The number of nitrogens with zero attached hydrogens (tertiary/aromatic N) is 1. The lowest BCUT2D eigenvalue weighted by Crippen LogP contribution is -2.48. The molecule has 3 amide bonds. The molecule has 1 saturated carbocycles. The molecule has 1 aliphatic rings. The number of alkyl carbamates (subject to hydrolysis) is 1. The molecule has 1 fully saturated rings. The van der Waals surface area contributed by atoms with Crippen LogP contribution in [0.1, 0.15) is 70.0 Å². The highest BCUT2D eigenvalue weighted by molar-refractivity contribution is 5.90. The summed E-state index contributed by atoms with van der Waals surface area (Å²) in [7, 11) is 1.59. The first-order chi connectivity index (χ1) is 14.1. The van der Waals surface area contributed by atoms with E-state index in [1.807, 2.05) is 31.2 Å². The van der Waals surface area contributed by atoms with E-state index in [-0.39, 0.29) is 24.4 Å². The van der Waals surface area contributed by atoms with Gasteiger partial charge in [0.05, 0.1) is 0 Å². The number of hydrogen-bond acceptors (Lipinski definition) is 4. The molecule has 0 saturated heterocycles. The fraction of sp³-hybridized carbons (Fsp3) is 0.609. The smallest absolute Gasteiger partial charge is 0.408 e. The molecule has 1 aromatic carbocycles. The molecule has 0 radical (unpaired) electrons. The molecular weight excluding hydrogens is 382 g/mol. The average Bonchev–Trinajstić information content (AvgIpc) is 2.65. The summed E-state index contributed by atoms with van der Waals surface area (Å²) < 4.78 is 5.18. The molecule has 0 aromatic heterocycles. The van der Waals surface area contributed by atoms with Gasteiger partial charge >= 0.3 is 6.09 Å². The molecule has 30 heavy (non-hydrogen) atoms. The van der Waals surface area contributed by atoms with Crippen LogP contribution in [0.15, 0.2) is 24.3 Å². The van der Waals surface area contributed by atoms with Crippen molar-refractivity contribution in [1.82, 2.24) is 15.5 Å². The van der Waals surface area contributed by atoms with Gasteiger partial charge in [-0.1, -0.05) is 49.1 Å². The Bertz CT molecular complexity index is 751. The molecule has 0 heterocycles. The van der Waals surface area contributed by atoms with Gasteiger partial charge in [-0.25, -0.2) is 4.79 Å². The monoisotopic (exact) mass is 417 g/mol. The predicted octanol–water partition coefficient (Wildman–Crippen LogP) is 3.47. The molecule has 7 nitrogen and oxygen atoms in total. The third-order valence-corrected chi connectivity index (χ3v) is 5.12. The first-order valence-corrected chi connectivity index (χ1v) is 10.7. The summed E-state index contributed by atoms with van der Waals surface area (Å²) in [4.78, 5) is 39.2. The van der Waals surface area contributed by atoms with Crippen molar-refractivity contribution >= 4 is 17.9 Å². The normalized spacial score (nSPS) is 15.8. The molecule has 1 unspecified atom stereocenters. The Morgan fingerprint density at radius 3 is 2.43 bits per heavy atom. The zero-order valence-corrected chi connectivity index (χ0v) is 18.8. The van der Waals surface area contributed by atoms with Crippen LogP contribution in [0.5, 0.6) is 0 Å². The van der Waals surface area contributed by atoms with E-state index in [0.717, 1.165) is 36.8 Å². The summed E-state index contributed by atoms with van der Waals surface area (Å²) >= 11 is 0. The van der Waals surface area contributed by atoms with Gasteiger partial charge in [-0.05, 0) is 46.1 Å². The number of ether oxygens (including phenoxy) is 1. The summed E-state index contributed by atoms with van der Waals surface area (Å²) in [6.45, 7) is 6.97. The van der Waals surface area contributed by atoms with E-state index in [4.69, 9.17) is 4.74 Å². The van der Waals surface area contributed by atoms with Crippen LogP contribution in [-0.2, 0) is 14.3 Å². The van der Waals surface area contributed by atoms with E-state index in [2.05, 4.69) is 10.6 Å². The van der Waals surface area contributed by atoms with Crippen LogP contribution in [0.4, 0.5) is 4.79 Å². The van der Waals surface area contributed by atoms with E-state index in [1.54, 1.807) is 27.8 Å². The van der Waals surface area contributed by atoms with Crippen molar-refractivity contribution in [2.45, 2.75) is 77.5 Å². The van der Waals surface area contributed by atoms with Gasteiger partial charge in [0.15, 0.2) is 0 Å². The van der Waals surface area contributed by atoms with Crippen molar-refractivity contribution in [2.24, 2.45) is 0 Å². The number of aryl methyl sites for hydroxylation is 1. The quantitative estimate of drug-likeness (QED) is 0.742. The Morgan fingerprint density at radius 1 is 1.17 bits per heavy atom. The van der Waals surface area contributed by atoms with Gasteiger partial charge in [0.25, 0.3) is 0 Å². The largest absolute Gasteiger partial charge is 0.444 e. The Labute approximate surface area is 179 Å². The van der Waals surface area contributed by atoms with E-state index in [1.165, 1.54) is 11.3 Å². The second-order valence-electron chi connectivity index (χ2n) is 9.02. The van der Waals surface area contributed by atoms with Crippen LogP contribution in [0, 0.1) is 6.92 Å². The minimum atomic E-state index is -0.764. The molecule has 2 N–H and O–H groups in total. The van der Waals surface area contributed by atoms with Crippen molar-refractivity contribution < 1.29 is 19.1 Å². The molecular formula is C23H35N3O4. The van der Waals surface area contributed by atoms with Crippen LogP contribution in [-0.4, -0.2) is 48.0 Å². The molecule has 0 bridgehead atoms. The molecule has 1 atom stereocenters. The lowest BCUT2D eigenvalue weighted by molar-refractivity contribution is -0.139. The topological polar surface area (TPSA) is 87.7 Å². The van der Waals surface area contributed by atoms with Crippen LogP contribution in [0.25, 0.3) is 0 Å². The summed E-state index contributed by atoms with van der Waals surface area (Å²) in [5.74, 6) is -0.563. The number of amides is 3. The van der Waals surface area contributed by atoms with Crippen LogP contribution in [0.3, 0.4) is 0 Å². The highest BCUT2D eigenvalue weighted by Gasteiger charge is 2.31. The van der Waals surface area contributed by atoms with E-state index in [9.17, 15) is 14.4 Å². The van der Waals surface area contributed by atoms with E-state index >= 15 is 0 Å². The van der Waals surface area contributed by atoms with Crippen molar-refractivity contribution in [1.29, 1.82) is 0 Å². The van der Waals surface area contributed by atoms with Crippen molar-refractivity contribution in [3.8, 4) is 0 Å². The van der Waals surface area contributed by atoms with Gasteiger partial charge in [-0.15, -0.1) is 0 Å². The van der Waals surface area contributed by atoms with Crippen LogP contribution >= 0.6 is 0 Å². The van der Waals surface area contributed by atoms with E-state index in [0.29, 0.717) is 0 Å². The van der Waals surface area contributed by atoms with Crippen LogP contribution in [0.2, 0.25) is 0 Å². The first-order valence-electron chi connectivity index (χ1n) is 10.7. The molecule has 1 aromatic rings. The molecule has 7 heteroatoms. The van der Waals surface area contributed by atoms with Gasteiger partial charge in [-0.3, -0.25) is 9.59 Å². The van der Waals surface area contributed by atoms with Gasteiger partial charge < -0.3 is 20.3 Å². The number of carbonyl (C=O) groups is 3. The molecule has 2 rings (SSSR count). The molecule has 1 aliphatic carbocycles. The number of rotatable bonds is 6. The highest BCUT2D eigenvalue weighted by atomic mass is 16.6. The third kappa shape index (κ3) is 7.35. The number of likely N-dealkylation sites (N-methyl/N-ethyl adjacent to an activating group) is 1. The molecule has 0 aliphatic heterocycles. The molecule has 0 spiro atoms. The fourth-order valence-electron chi connectivity index (χ4n) is 3.65. The lowest BCUT2D eigenvalue weighted by atomic mass is 9.94. The first kappa shape index (κ1) is 23.7. The third-order valence-electron chi connectivity index (χ3n) is 5.12. The summed E-state index contributed by atoms with van der Waals surface area (Å²) in [5.41, 5.74) is 1.11. The Balaban J connectivity index is 2.11. The second-order valence-corrected chi connectivity index (χ2v) is 9.02. The maximum absolute atomic E-state index is 13.2. The van der Waals surface area contributed by atoms with Crippen molar-refractivity contribution in [3.05, 3.63) is 35.4 Å². The number of nitrogens with one attached hydrogen (secondary N) is 2. The fourth-order valence-corrected chi connectivity index (χ4v) is 3.65. The minimum Gasteiger partial charge on any atom is -0.444 e. The number of carbonyl (C=O) groups excluding carboxylic acids is 3. The number of benzene rings is 1. The maximum Gasteiger partial charge on any atom is 0.408 e. The second kappa shape index (κ2) is 10.5. The minimum absolute atomic E-state index is 0.141. The van der Waals surface area contributed by atoms with Gasteiger partial charge in [0.1, 0.15) is 18.2 Å². The highest BCUT2D eigenvalue weighted by Crippen LogP contribution is 2.23. The predicted molar refractivity (Wildman–Crippen MR) is 116 cm³/mol. The standard InChI is InChI=1S/C23H35N3O4/c1-16-10-9-11-17(14-16)20(21(28)25-18-12-7-6-8-13-18)26(5)19(27)15-24-22(29)30-23(2,3)4/h9-11,14,18,20H,6-8,12-13,15H2,1-5H3,(H,24,29)(H,25,28). The SMILES string of the molecule is Cc1cccc(C(C(=O)NC2CCCCC2)N(C)C(=O)CNC(=O)OC(C)(C)C)c1. The Kier molecular flexibility index (Phi) is 8.26. The van der Waals surface area contributed by atoms with Gasteiger partial charge in [0.2, 0.25) is 11.8 Å².